The third-order valence-corrected chi connectivity index (χ3v) is 4.96. The summed E-state index contributed by atoms with van der Waals surface area (Å²) >= 11 is 5.84. The van der Waals surface area contributed by atoms with Gasteiger partial charge in [0.2, 0.25) is 15.9 Å². The van der Waals surface area contributed by atoms with E-state index in [1.165, 1.54) is 0 Å². The Morgan fingerprint density at radius 3 is 2.27 bits per heavy atom. The first-order chi connectivity index (χ1) is 12.3. The van der Waals surface area contributed by atoms with Crippen LogP contribution in [-0.4, -0.2) is 38.0 Å². The molecule has 0 aliphatic rings. The van der Waals surface area contributed by atoms with Crippen LogP contribution in [-0.2, 0) is 21.4 Å². The van der Waals surface area contributed by atoms with Gasteiger partial charge in [0.05, 0.1) is 19.4 Å². The Morgan fingerprint density at radius 1 is 1.12 bits per heavy atom. The number of amides is 1. The fourth-order valence-corrected chi connectivity index (χ4v) is 3.11. The van der Waals surface area contributed by atoms with E-state index in [0.29, 0.717) is 23.1 Å². The Balaban J connectivity index is 2.03. The molecule has 1 amide bonds. The van der Waals surface area contributed by atoms with Crippen LogP contribution in [0.25, 0.3) is 0 Å². The monoisotopic (exact) mass is 396 g/mol. The number of hydrogen-bond donors (Lipinski definition) is 1. The second-order valence-corrected chi connectivity index (χ2v) is 8.08. The van der Waals surface area contributed by atoms with Crippen molar-refractivity contribution >= 4 is 33.2 Å². The molecule has 8 heteroatoms. The lowest BCUT2D eigenvalue weighted by atomic mass is 10.2. The number of sulfonamides is 1. The fourth-order valence-electron chi connectivity index (χ4n) is 2.25. The van der Waals surface area contributed by atoms with Crippen molar-refractivity contribution in [3.05, 3.63) is 59.1 Å². The largest absolute Gasteiger partial charge is 0.494 e. The average molecular weight is 397 g/mol. The summed E-state index contributed by atoms with van der Waals surface area (Å²) < 4.78 is 30.5. The average Bonchev–Trinajstić information content (AvgIpc) is 2.57. The second kappa shape index (κ2) is 9.02. The normalized spacial score (nSPS) is 11.4. The number of nitrogens with one attached hydrogen (secondary N) is 1. The van der Waals surface area contributed by atoms with Crippen molar-refractivity contribution < 1.29 is 17.9 Å². The Kier molecular flexibility index (Phi) is 7.02. The quantitative estimate of drug-likeness (QED) is 0.743. The van der Waals surface area contributed by atoms with Gasteiger partial charge in [-0.2, -0.15) is 4.31 Å². The minimum atomic E-state index is -3.56. The maximum absolute atomic E-state index is 12.3. The Bertz CT molecular complexity index is 836. The molecule has 140 valence electrons. The highest BCUT2D eigenvalue weighted by Gasteiger charge is 2.20. The molecule has 2 aromatic rings. The van der Waals surface area contributed by atoms with Gasteiger partial charge >= 0.3 is 0 Å². The Labute approximate surface area is 158 Å². The minimum absolute atomic E-state index is 0.0900. The van der Waals surface area contributed by atoms with Crippen LogP contribution in [0.1, 0.15) is 12.5 Å². The molecule has 2 rings (SSSR count). The predicted molar refractivity (Wildman–Crippen MR) is 103 cm³/mol. The number of nitrogens with zero attached hydrogens (tertiary/aromatic N) is 1. The second-order valence-electron chi connectivity index (χ2n) is 5.66. The molecule has 0 spiro atoms. The molecule has 0 aromatic heterocycles. The van der Waals surface area contributed by atoms with Gasteiger partial charge in [-0.1, -0.05) is 23.7 Å². The van der Waals surface area contributed by atoms with E-state index in [1.807, 2.05) is 6.92 Å². The van der Waals surface area contributed by atoms with Crippen molar-refractivity contribution in [2.75, 3.05) is 24.7 Å². The summed E-state index contributed by atoms with van der Waals surface area (Å²) in [6, 6.07) is 13.7. The van der Waals surface area contributed by atoms with Crippen molar-refractivity contribution in [3.8, 4) is 5.75 Å². The van der Waals surface area contributed by atoms with Gasteiger partial charge in [0.25, 0.3) is 0 Å². The molecular weight excluding hydrogens is 376 g/mol. The highest BCUT2D eigenvalue weighted by atomic mass is 35.5. The fraction of sp³-hybridized carbons (Fsp3) is 0.278. The smallest absolute Gasteiger partial charge is 0.239 e. The lowest BCUT2D eigenvalue weighted by Crippen LogP contribution is -2.36. The minimum Gasteiger partial charge on any atom is -0.494 e. The molecule has 2 aromatic carbocycles. The maximum Gasteiger partial charge on any atom is 0.239 e. The molecular formula is C18H21ClN2O4S. The molecule has 0 heterocycles. The van der Waals surface area contributed by atoms with Crippen molar-refractivity contribution in [2.24, 2.45) is 0 Å². The SMILES string of the molecule is CCOc1ccc(NC(=O)CN(Cc2ccc(Cl)cc2)S(C)(=O)=O)cc1. The number of halogens is 1. The van der Waals surface area contributed by atoms with E-state index in [4.69, 9.17) is 16.3 Å². The van der Waals surface area contributed by atoms with E-state index >= 15 is 0 Å². The summed E-state index contributed by atoms with van der Waals surface area (Å²) in [5.74, 6) is 0.277. The van der Waals surface area contributed by atoms with Crippen molar-refractivity contribution in [2.45, 2.75) is 13.5 Å². The van der Waals surface area contributed by atoms with Crippen LogP contribution in [0.5, 0.6) is 5.75 Å². The van der Waals surface area contributed by atoms with Crippen LogP contribution in [0.15, 0.2) is 48.5 Å². The first-order valence-corrected chi connectivity index (χ1v) is 10.2. The van der Waals surface area contributed by atoms with Gasteiger partial charge in [0, 0.05) is 17.3 Å². The standard InChI is InChI=1S/C18H21ClN2O4S/c1-3-25-17-10-8-16(9-11-17)20-18(22)13-21(26(2,23)24)12-14-4-6-15(19)7-5-14/h4-11H,3,12-13H2,1-2H3,(H,20,22). The van der Waals surface area contributed by atoms with Gasteiger partial charge in [-0.05, 0) is 48.9 Å². The van der Waals surface area contributed by atoms with Crippen LogP contribution < -0.4 is 10.1 Å². The first-order valence-electron chi connectivity index (χ1n) is 8.00. The highest BCUT2D eigenvalue weighted by molar-refractivity contribution is 7.88. The van der Waals surface area contributed by atoms with Crippen molar-refractivity contribution in [1.82, 2.24) is 4.31 Å². The van der Waals surface area contributed by atoms with E-state index in [0.717, 1.165) is 16.1 Å². The van der Waals surface area contributed by atoms with Crippen molar-refractivity contribution in [1.29, 1.82) is 0 Å². The van der Waals surface area contributed by atoms with Gasteiger partial charge in [-0.3, -0.25) is 4.79 Å². The van der Waals surface area contributed by atoms with Gasteiger partial charge in [0.15, 0.2) is 0 Å². The molecule has 0 aliphatic heterocycles. The molecule has 0 aliphatic carbocycles. The van der Waals surface area contributed by atoms with Crippen molar-refractivity contribution in [3.63, 3.8) is 0 Å². The van der Waals surface area contributed by atoms with Crippen LogP contribution >= 0.6 is 11.6 Å². The van der Waals surface area contributed by atoms with Gasteiger partial charge < -0.3 is 10.1 Å². The number of hydrogen-bond acceptors (Lipinski definition) is 4. The zero-order valence-corrected chi connectivity index (χ0v) is 16.2. The molecule has 0 unspecified atom stereocenters. The zero-order chi connectivity index (χ0) is 19.2. The predicted octanol–water partition coefficient (Wildman–Crippen LogP) is 3.14. The number of anilines is 1. The number of ether oxygens (including phenoxy) is 1. The van der Waals surface area contributed by atoms with Crippen LogP contribution in [0.2, 0.25) is 5.02 Å². The summed E-state index contributed by atoms with van der Waals surface area (Å²) in [6.07, 6.45) is 1.08. The topological polar surface area (TPSA) is 75.7 Å². The first kappa shape index (κ1) is 20.2. The molecule has 1 N–H and O–H groups in total. The van der Waals surface area contributed by atoms with Gasteiger partial charge in [-0.25, -0.2) is 8.42 Å². The van der Waals surface area contributed by atoms with E-state index in [9.17, 15) is 13.2 Å². The molecule has 0 fully saturated rings. The van der Waals surface area contributed by atoms with E-state index < -0.39 is 15.9 Å². The van der Waals surface area contributed by atoms with Crippen LogP contribution in [0.3, 0.4) is 0 Å². The number of rotatable bonds is 8. The summed E-state index contributed by atoms with van der Waals surface area (Å²) in [5, 5.41) is 3.25. The van der Waals surface area contributed by atoms with Gasteiger partial charge in [0.1, 0.15) is 5.75 Å². The van der Waals surface area contributed by atoms with E-state index in [1.54, 1.807) is 48.5 Å². The summed E-state index contributed by atoms with van der Waals surface area (Å²) in [5.41, 5.74) is 1.31. The third-order valence-electron chi connectivity index (χ3n) is 3.51. The summed E-state index contributed by atoms with van der Waals surface area (Å²) in [7, 11) is -3.56. The number of carbonyl (C=O) groups is 1. The molecule has 0 atom stereocenters. The Hall–Kier alpha value is -2.09. The molecule has 0 radical (unpaired) electrons. The lowest BCUT2D eigenvalue weighted by molar-refractivity contribution is -0.116. The zero-order valence-electron chi connectivity index (χ0n) is 14.6. The number of carbonyl (C=O) groups excluding carboxylic acids is 1. The van der Waals surface area contributed by atoms with Crippen LogP contribution in [0, 0.1) is 0 Å². The lowest BCUT2D eigenvalue weighted by Gasteiger charge is -2.19. The summed E-state index contributed by atoms with van der Waals surface area (Å²) in [4.78, 5) is 12.3. The molecule has 6 nitrogen and oxygen atoms in total. The number of benzene rings is 2. The molecule has 26 heavy (non-hydrogen) atoms. The van der Waals surface area contributed by atoms with E-state index in [2.05, 4.69) is 5.32 Å². The maximum atomic E-state index is 12.3. The molecule has 0 bridgehead atoms. The third kappa shape index (κ3) is 6.33. The molecule has 0 saturated carbocycles. The Morgan fingerprint density at radius 2 is 1.73 bits per heavy atom. The van der Waals surface area contributed by atoms with E-state index in [-0.39, 0.29) is 13.1 Å². The summed E-state index contributed by atoms with van der Waals surface area (Å²) in [6.45, 7) is 2.25. The molecule has 0 saturated heterocycles. The van der Waals surface area contributed by atoms with Crippen LogP contribution in [0.4, 0.5) is 5.69 Å². The van der Waals surface area contributed by atoms with Gasteiger partial charge in [-0.15, -0.1) is 0 Å². The highest BCUT2D eigenvalue weighted by Crippen LogP contribution is 2.16.